The number of nitrogens with zero attached hydrogens (tertiary/aromatic N) is 2. The molecule has 0 unspecified atom stereocenters. The number of methoxy groups -OCH3 is 1. The highest BCUT2D eigenvalue weighted by Gasteiger charge is 2.23. The van der Waals surface area contributed by atoms with E-state index in [1.165, 1.54) is 31.3 Å². The Bertz CT molecular complexity index is 759. The van der Waals surface area contributed by atoms with Crippen molar-refractivity contribution in [3.63, 3.8) is 0 Å². The largest absolute Gasteiger partial charge is 0.385 e. The summed E-state index contributed by atoms with van der Waals surface area (Å²) in [6.07, 6.45) is 0.777. The van der Waals surface area contributed by atoms with E-state index >= 15 is 0 Å². The van der Waals surface area contributed by atoms with Crippen molar-refractivity contribution in [2.75, 3.05) is 60.0 Å². The summed E-state index contributed by atoms with van der Waals surface area (Å²) >= 11 is 0. The standard InChI is InChI=1S/C18H28N4O5S/c1-19-28(25,26)16-6-4-15(5-7-16)18(24)22-11-9-21(10-12-22)14-17(23)20-8-3-13-27-2/h4-7,19H,3,8-14H2,1-2H3,(H,20,23). The number of sulfonamides is 1. The molecule has 0 aliphatic carbocycles. The van der Waals surface area contributed by atoms with Crippen molar-refractivity contribution in [2.45, 2.75) is 11.3 Å². The van der Waals surface area contributed by atoms with E-state index in [0.29, 0.717) is 51.4 Å². The van der Waals surface area contributed by atoms with Crippen molar-refractivity contribution in [3.8, 4) is 0 Å². The summed E-state index contributed by atoms with van der Waals surface area (Å²) in [6.45, 7) is 3.78. The summed E-state index contributed by atoms with van der Waals surface area (Å²) in [4.78, 5) is 28.4. The molecule has 156 valence electrons. The smallest absolute Gasteiger partial charge is 0.253 e. The van der Waals surface area contributed by atoms with Crippen molar-refractivity contribution in [1.29, 1.82) is 0 Å². The lowest BCUT2D eigenvalue weighted by atomic mass is 10.2. The third kappa shape index (κ3) is 6.26. The molecule has 0 saturated carbocycles. The zero-order valence-corrected chi connectivity index (χ0v) is 17.1. The van der Waals surface area contributed by atoms with Gasteiger partial charge in [0, 0.05) is 52.0 Å². The molecule has 28 heavy (non-hydrogen) atoms. The molecule has 1 aliphatic heterocycles. The lowest BCUT2D eigenvalue weighted by Gasteiger charge is -2.34. The highest BCUT2D eigenvalue weighted by Crippen LogP contribution is 2.13. The molecule has 1 fully saturated rings. The van der Waals surface area contributed by atoms with E-state index in [9.17, 15) is 18.0 Å². The van der Waals surface area contributed by atoms with Gasteiger partial charge in [-0.15, -0.1) is 0 Å². The van der Waals surface area contributed by atoms with Gasteiger partial charge < -0.3 is 15.0 Å². The maximum atomic E-state index is 12.6. The molecular weight excluding hydrogens is 384 g/mol. The molecule has 0 bridgehead atoms. The molecule has 10 heteroatoms. The first-order valence-electron chi connectivity index (χ1n) is 9.18. The zero-order chi connectivity index (χ0) is 20.6. The van der Waals surface area contributed by atoms with Gasteiger partial charge in [-0.1, -0.05) is 0 Å². The number of piperazine rings is 1. The number of carbonyl (C=O) groups is 2. The first kappa shape index (κ1) is 22.3. The Morgan fingerprint density at radius 3 is 2.32 bits per heavy atom. The second kappa shape index (κ2) is 10.5. The summed E-state index contributed by atoms with van der Waals surface area (Å²) in [5.74, 6) is -0.172. The molecule has 1 aromatic rings. The van der Waals surface area contributed by atoms with Gasteiger partial charge in [0.05, 0.1) is 11.4 Å². The quantitative estimate of drug-likeness (QED) is 0.530. The van der Waals surface area contributed by atoms with Gasteiger partial charge in [-0.05, 0) is 37.7 Å². The molecule has 0 atom stereocenters. The summed E-state index contributed by atoms with van der Waals surface area (Å²) < 4.78 is 30.7. The Labute approximate surface area is 166 Å². The lowest BCUT2D eigenvalue weighted by Crippen LogP contribution is -2.51. The van der Waals surface area contributed by atoms with Gasteiger partial charge in [0.1, 0.15) is 0 Å². The fraction of sp³-hybridized carbons (Fsp3) is 0.556. The summed E-state index contributed by atoms with van der Waals surface area (Å²) in [7, 11) is -0.554. The number of hydrogen-bond donors (Lipinski definition) is 2. The van der Waals surface area contributed by atoms with Crippen LogP contribution in [-0.4, -0.2) is 90.1 Å². The average Bonchev–Trinajstić information content (AvgIpc) is 2.71. The van der Waals surface area contributed by atoms with Crippen molar-refractivity contribution in [1.82, 2.24) is 19.8 Å². The van der Waals surface area contributed by atoms with Crippen molar-refractivity contribution in [3.05, 3.63) is 29.8 Å². The number of carbonyl (C=O) groups excluding carboxylic acids is 2. The van der Waals surface area contributed by atoms with Crippen molar-refractivity contribution >= 4 is 21.8 Å². The van der Waals surface area contributed by atoms with Crippen LogP contribution in [0.1, 0.15) is 16.8 Å². The third-order valence-corrected chi connectivity index (χ3v) is 5.98. The maximum absolute atomic E-state index is 12.6. The van der Waals surface area contributed by atoms with E-state index in [4.69, 9.17) is 4.74 Å². The van der Waals surface area contributed by atoms with Crippen LogP contribution in [0.2, 0.25) is 0 Å². The second-order valence-electron chi connectivity index (χ2n) is 6.50. The number of rotatable bonds is 9. The van der Waals surface area contributed by atoms with Gasteiger partial charge in [0.25, 0.3) is 5.91 Å². The summed E-state index contributed by atoms with van der Waals surface area (Å²) in [5, 5.41) is 2.85. The van der Waals surface area contributed by atoms with Crippen LogP contribution < -0.4 is 10.0 Å². The summed E-state index contributed by atoms with van der Waals surface area (Å²) in [6, 6.07) is 5.88. The third-order valence-electron chi connectivity index (χ3n) is 4.55. The maximum Gasteiger partial charge on any atom is 0.253 e. The fourth-order valence-electron chi connectivity index (χ4n) is 2.89. The van der Waals surface area contributed by atoms with Gasteiger partial charge in [0.2, 0.25) is 15.9 Å². The van der Waals surface area contributed by atoms with E-state index in [0.717, 1.165) is 6.42 Å². The molecular formula is C18H28N4O5S. The molecule has 2 N–H and O–H groups in total. The SMILES string of the molecule is CNS(=O)(=O)c1ccc(C(=O)N2CCN(CC(=O)NCCCOC)CC2)cc1. The highest BCUT2D eigenvalue weighted by molar-refractivity contribution is 7.89. The minimum Gasteiger partial charge on any atom is -0.385 e. The Morgan fingerprint density at radius 2 is 1.75 bits per heavy atom. The Morgan fingerprint density at radius 1 is 1.11 bits per heavy atom. The highest BCUT2D eigenvalue weighted by atomic mass is 32.2. The molecule has 1 heterocycles. The average molecular weight is 413 g/mol. The van der Waals surface area contributed by atoms with Crippen LogP contribution in [0.25, 0.3) is 0 Å². The minimum absolute atomic E-state index is 0.0304. The molecule has 2 amide bonds. The molecule has 0 aromatic heterocycles. The normalized spacial score (nSPS) is 15.4. The molecule has 1 aliphatic rings. The van der Waals surface area contributed by atoms with E-state index in [1.54, 1.807) is 12.0 Å². The molecule has 0 radical (unpaired) electrons. The van der Waals surface area contributed by atoms with Crippen molar-refractivity contribution < 1.29 is 22.7 Å². The number of ether oxygens (including phenoxy) is 1. The van der Waals surface area contributed by atoms with Gasteiger partial charge in [-0.3, -0.25) is 14.5 Å². The van der Waals surface area contributed by atoms with Crippen LogP contribution in [0.4, 0.5) is 0 Å². The predicted molar refractivity (Wildman–Crippen MR) is 105 cm³/mol. The number of hydrogen-bond acceptors (Lipinski definition) is 6. The molecule has 9 nitrogen and oxygen atoms in total. The van der Waals surface area contributed by atoms with E-state index in [2.05, 4.69) is 10.0 Å². The predicted octanol–water partition coefficient (Wildman–Crippen LogP) is -0.495. The molecule has 1 aromatic carbocycles. The fourth-order valence-corrected chi connectivity index (χ4v) is 3.62. The van der Waals surface area contributed by atoms with Crippen molar-refractivity contribution in [2.24, 2.45) is 0 Å². The minimum atomic E-state index is -3.52. The molecule has 2 rings (SSSR count). The number of nitrogens with one attached hydrogen (secondary N) is 2. The Kier molecular flexibility index (Phi) is 8.36. The van der Waals surface area contributed by atoms with Crippen LogP contribution in [0, 0.1) is 0 Å². The van der Waals surface area contributed by atoms with Crippen LogP contribution >= 0.6 is 0 Å². The number of amides is 2. The van der Waals surface area contributed by atoms with Crippen LogP contribution in [0.5, 0.6) is 0 Å². The molecule has 0 spiro atoms. The first-order valence-corrected chi connectivity index (χ1v) is 10.7. The van der Waals surface area contributed by atoms with Gasteiger partial charge >= 0.3 is 0 Å². The van der Waals surface area contributed by atoms with Crippen LogP contribution in [0.15, 0.2) is 29.2 Å². The Hall–Kier alpha value is -2.01. The van der Waals surface area contributed by atoms with E-state index < -0.39 is 10.0 Å². The van der Waals surface area contributed by atoms with Gasteiger partial charge in [-0.2, -0.15) is 0 Å². The second-order valence-corrected chi connectivity index (χ2v) is 8.38. The Balaban J connectivity index is 1.81. The van der Waals surface area contributed by atoms with E-state index in [-0.39, 0.29) is 16.7 Å². The van der Waals surface area contributed by atoms with E-state index in [1.807, 2.05) is 4.90 Å². The summed E-state index contributed by atoms with van der Waals surface area (Å²) in [5.41, 5.74) is 0.444. The first-order chi connectivity index (χ1) is 13.4. The topological polar surface area (TPSA) is 108 Å². The zero-order valence-electron chi connectivity index (χ0n) is 16.3. The van der Waals surface area contributed by atoms with Crippen LogP contribution in [0.3, 0.4) is 0 Å². The monoisotopic (exact) mass is 412 g/mol. The van der Waals surface area contributed by atoms with Crippen LogP contribution in [-0.2, 0) is 19.6 Å². The lowest BCUT2D eigenvalue weighted by molar-refractivity contribution is -0.122. The molecule has 1 saturated heterocycles. The van der Waals surface area contributed by atoms with Gasteiger partial charge in [0.15, 0.2) is 0 Å². The number of benzene rings is 1. The van der Waals surface area contributed by atoms with Gasteiger partial charge in [-0.25, -0.2) is 13.1 Å².